The van der Waals surface area contributed by atoms with E-state index in [1.807, 2.05) is 13.8 Å². The third-order valence-corrected chi connectivity index (χ3v) is 3.43. The van der Waals surface area contributed by atoms with E-state index in [4.69, 9.17) is 4.74 Å². The molecule has 0 radical (unpaired) electrons. The number of amides is 2. The Kier molecular flexibility index (Phi) is 6.27. The summed E-state index contributed by atoms with van der Waals surface area (Å²) in [6, 6.07) is 9.90. The summed E-state index contributed by atoms with van der Waals surface area (Å²) in [5.41, 5.74) is -0.0700. The maximum Gasteiger partial charge on any atom is 0.244 e. The van der Waals surface area contributed by atoms with Crippen molar-refractivity contribution in [3.63, 3.8) is 0 Å². The zero-order valence-corrected chi connectivity index (χ0v) is 14.8. The van der Waals surface area contributed by atoms with Crippen LogP contribution in [0.4, 0.5) is 20.2 Å². The van der Waals surface area contributed by atoms with Crippen LogP contribution in [0.2, 0.25) is 0 Å². The normalized spacial score (nSPS) is 10.5. The first-order valence-corrected chi connectivity index (χ1v) is 8.06. The van der Waals surface area contributed by atoms with E-state index in [0.717, 1.165) is 12.1 Å². The minimum atomic E-state index is -0.886. The van der Waals surface area contributed by atoms with Crippen LogP contribution in [-0.4, -0.2) is 24.5 Å². The van der Waals surface area contributed by atoms with Crippen LogP contribution >= 0.6 is 0 Å². The summed E-state index contributed by atoms with van der Waals surface area (Å²) in [4.78, 5) is 25.3. The molecule has 0 bridgehead atoms. The number of rotatable bonds is 6. The summed E-state index contributed by atoms with van der Waals surface area (Å²) in [7, 11) is 0. The lowest BCUT2D eigenvalue weighted by Crippen LogP contribution is -2.37. The average Bonchev–Trinajstić information content (AvgIpc) is 2.56. The van der Waals surface area contributed by atoms with E-state index < -0.39 is 23.2 Å². The average molecular weight is 362 g/mol. The zero-order valence-electron chi connectivity index (χ0n) is 14.8. The minimum Gasteiger partial charge on any atom is -0.491 e. The van der Waals surface area contributed by atoms with Crippen molar-refractivity contribution >= 4 is 23.2 Å². The molecule has 1 N–H and O–H groups in total. The molecule has 0 aromatic heterocycles. The molecule has 0 aliphatic heterocycles. The summed E-state index contributed by atoms with van der Waals surface area (Å²) in [6.45, 7) is 4.70. The van der Waals surface area contributed by atoms with Gasteiger partial charge in [-0.3, -0.25) is 9.59 Å². The van der Waals surface area contributed by atoms with Gasteiger partial charge in [-0.15, -0.1) is 0 Å². The van der Waals surface area contributed by atoms with Gasteiger partial charge in [0.1, 0.15) is 29.6 Å². The predicted octanol–water partition coefficient (Wildman–Crippen LogP) is 3.74. The number of hydrogen-bond donors (Lipinski definition) is 1. The molecule has 2 aromatic carbocycles. The number of nitrogens with zero attached hydrogens (tertiary/aromatic N) is 1. The van der Waals surface area contributed by atoms with Gasteiger partial charge in [0.25, 0.3) is 0 Å². The van der Waals surface area contributed by atoms with Gasteiger partial charge in [0.05, 0.1) is 6.10 Å². The topological polar surface area (TPSA) is 58.6 Å². The smallest absolute Gasteiger partial charge is 0.244 e. The lowest BCUT2D eigenvalue weighted by molar-refractivity contribution is -0.120. The van der Waals surface area contributed by atoms with Gasteiger partial charge >= 0.3 is 0 Å². The van der Waals surface area contributed by atoms with Crippen molar-refractivity contribution in [3.8, 4) is 5.75 Å². The van der Waals surface area contributed by atoms with Crippen molar-refractivity contribution in [2.45, 2.75) is 26.9 Å². The third kappa shape index (κ3) is 5.02. The Morgan fingerprint density at radius 1 is 1.08 bits per heavy atom. The molecular formula is C19H20F2N2O3. The molecule has 0 heterocycles. The molecule has 0 atom stereocenters. The third-order valence-electron chi connectivity index (χ3n) is 3.43. The second kappa shape index (κ2) is 8.42. The second-order valence-electron chi connectivity index (χ2n) is 5.91. The second-order valence-corrected chi connectivity index (χ2v) is 5.91. The molecule has 0 aliphatic carbocycles. The van der Waals surface area contributed by atoms with E-state index in [-0.39, 0.29) is 18.6 Å². The fraction of sp³-hybridized carbons (Fsp3) is 0.263. The summed E-state index contributed by atoms with van der Waals surface area (Å²) in [6.07, 6.45) is 0.00574. The van der Waals surface area contributed by atoms with Crippen LogP contribution in [0.1, 0.15) is 20.8 Å². The Balaban J connectivity index is 2.12. The fourth-order valence-corrected chi connectivity index (χ4v) is 2.30. The van der Waals surface area contributed by atoms with E-state index in [1.54, 1.807) is 24.3 Å². The highest BCUT2D eigenvalue weighted by Crippen LogP contribution is 2.22. The van der Waals surface area contributed by atoms with E-state index in [9.17, 15) is 18.4 Å². The summed E-state index contributed by atoms with van der Waals surface area (Å²) in [5.74, 6) is -2.24. The molecule has 0 unspecified atom stereocenters. The number of ether oxygens (including phenoxy) is 1. The fourth-order valence-electron chi connectivity index (χ4n) is 2.30. The molecule has 7 heteroatoms. The van der Waals surface area contributed by atoms with Crippen molar-refractivity contribution in [3.05, 3.63) is 54.1 Å². The highest BCUT2D eigenvalue weighted by atomic mass is 19.1. The van der Waals surface area contributed by atoms with Gasteiger partial charge in [0.15, 0.2) is 0 Å². The van der Waals surface area contributed by atoms with Crippen LogP contribution in [0.25, 0.3) is 0 Å². The Hall–Kier alpha value is -2.96. The Morgan fingerprint density at radius 3 is 2.15 bits per heavy atom. The molecule has 26 heavy (non-hydrogen) atoms. The van der Waals surface area contributed by atoms with Gasteiger partial charge in [-0.2, -0.15) is 0 Å². The number of carbonyl (C=O) groups is 2. The van der Waals surface area contributed by atoms with E-state index in [1.165, 1.54) is 17.9 Å². The standard InChI is InChI=1S/C19H20F2N2O3/c1-12(2)26-15-9-7-14(8-10-15)23(13(3)24)11-18(25)22-19-16(20)5-4-6-17(19)21/h4-10,12H,11H2,1-3H3,(H,22,25). The lowest BCUT2D eigenvalue weighted by atomic mass is 10.2. The number of hydrogen-bond acceptors (Lipinski definition) is 3. The molecule has 0 fully saturated rings. The van der Waals surface area contributed by atoms with Crippen molar-refractivity contribution in [1.29, 1.82) is 0 Å². The van der Waals surface area contributed by atoms with Crippen molar-refractivity contribution in [2.24, 2.45) is 0 Å². The lowest BCUT2D eigenvalue weighted by Gasteiger charge is -2.21. The van der Waals surface area contributed by atoms with Gasteiger partial charge in [0, 0.05) is 12.6 Å². The van der Waals surface area contributed by atoms with Crippen LogP contribution in [0, 0.1) is 11.6 Å². The van der Waals surface area contributed by atoms with Gasteiger partial charge < -0.3 is 15.0 Å². The SMILES string of the molecule is CC(=O)N(CC(=O)Nc1c(F)cccc1F)c1ccc(OC(C)C)cc1. The molecule has 138 valence electrons. The molecule has 2 rings (SSSR count). The number of nitrogens with one attached hydrogen (secondary N) is 1. The Bertz CT molecular complexity index is 772. The maximum absolute atomic E-state index is 13.6. The van der Waals surface area contributed by atoms with E-state index in [0.29, 0.717) is 11.4 Å². The highest BCUT2D eigenvalue weighted by molar-refractivity contribution is 6.01. The quantitative estimate of drug-likeness (QED) is 0.852. The van der Waals surface area contributed by atoms with Crippen LogP contribution in [-0.2, 0) is 9.59 Å². The monoisotopic (exact) mass is 362 g/mol. The number of halogens is 2. The number of para-hydroxylation sites is 1. The number of benzene rings is 2. The van der Waals surface area contributed by atoms with Gasteiger partial charge in [-0.1, -0.05) is 6.07 Å². The predicted molar refractivity (Wildman–Crippen MR) is 95.2 cm³/mol. The van der Waals surface area contributed by atoms with Crippen molar-refractivity contribution < 1.29 is 23.1 Å². The van der Waals surface area contributed by atoms with Crippen LogP contribution in [0.3, 0.4) is 0 Å². The highest BCUT2D eigenvalue weighted by Gasteiger charge is 2.18. The van der Waals surface area contributed by atoms with Gasteiger partial charge in [-0.25, -0.2) is 8.78 Å². The van der Waals surface area contributed by atoms with E-state index >= 15 is 0 Å². The zero-order chi connectivity index (χ0) is 19.3. The van der Waals surface area contributed by atoms with E-state index in [2.05, 4.69) is 5.32 Å². The Morgan fingerprint density at radius 2 is 1.65 bits per heavy atom. The van der Waals surface area contributed by atoms with Gasteiger partial charge in [0.2, 0.25) is 11.8 Å². The molecule has 2 amide bonds. The molecule has 0 aliphatic rings. The number of carbonyl (C=O) groups excluding carboxylic acids is 2. The molecule has 0 saturated heterocycles. The van der Waals surface area contributed by atoms with Crippen LogP contribution < -0.4 is 15.0 Å². The summed E-state index contributed by atoms with van der Waals surface area (Å²) >= 11 is 0. The molecule has 2 aromatic rings. The van der Waals surface area contributed by atoms with Crippen LogP contribution in [0.5, 0.6) is 5.75 Å². The molecule has 0 spiro atoms. The van der Waals surface area contributed by atoms with Crippen LogP contribution in [0.15, 0.2) is 42.5 Å². The Labute approximate surface area is 150 Å². The summed E-state index contributed by atoms with van der Waals surface area (Å²) < 4.78 is 32.8. The molecule has 0 saturated carbocycles. The first-order chi connectivity index (χ1) is 12.3. The summed E-state index contributed by atoms with van der Waals surface area (Å²) in [5, 5.41) is 2.16. The minimum absolute atomic E-state index is 0.00574. The first-order valence-electron chi connectivity index (χ1n) is 8.06. The molecular weight excluding hydrogens is 342 g/mol. The largest absolute Gasteiger partial charge is 0.491 e. The molecule has 5 nitrogen and oxygen atoms in total. The number of anilines is 2. The maximum atomic E-state index is 13.6. The van der Waals surface area contributed by atoms with Gasteiger partial charge in [-0.05, 0) is 50.2 Å². The first kappa shape index (κ1) is 19.4. The van der Waals surface area contributed by atoms with Crippen molar-refractivity contribution in [2.75, 3.05) is 16.8 Å². The van der Waals surface area contributed by atoms with Crippen molar-refractivity contribution in [1.82, 2.24) is 0 Å².